The van der Waals surface area contributed by atoms with Gasteiger partial charge in [0.25, 0.3) is 5.91 Å². The van der Waals surface area contributed by atoms with Crippen LogP contribution in [0.3, 0.4) is 0 Å². The molecule has 1 N–H and O–H groups in total. The smallest absolute Gasteiger partial charge is 0.259 e. The Hall–Kier alpha value is -3.36. The van der Waals surface area contributed by atoms with Gasteiger partial charge in [0.2, 0.25) is 0 Å². The standard InChI is InChI=1S/C22H20F4N4O/c1-12-20(13(2)30(28-12)19-6-5-14(23)9-16(19)24)22(31)27-15-10-17(25)21(18(26)11-15)29-7-3-4-8-29/h5-6,9-11H,3-4,7-8H2,1-2H3,(H,27,31). The van der Waals surface area contributed by atoms with E-state index in [0.29, 0.717) is 18.8 Å². The Balaban J connectivity index is 1.63. The van der Waals surface area contributed by atoms with E-state index in [1.807, 2.05) is 0 Å². The van der Waals surface area contributed by atoms with Gasteiger partial charge in [-0.3, -0.25) is 4.79 Å². The number of hydrogen-bond acceptors (Lipinski definition) is 3. The minimum atomic E-state index is -0.834. The largest absolute Gasteiger partial charge is 0.367 e. The third kappa shape index (κ3) is 3.87. The van der Waals surface area contributed by atoms with Crippen LogP contribution in [-0.4, -0.2) is 28.8 Å². The summed E-state index contributed by atoms with van der Waals surface area (Å²) in [7, 11) is 0. The van der Waals surface area contributed by atoms with E-state index in [2.05, 4.69) is 10.4 Å². The summed E-state index contributed by atoms with van der Waals surface area (Å²) in [5.41, 5.74) is 0.565. The van der Waals surface area contributed by atoms with Crippen LogP contribution in [0, 0.1) is 37.1 Å². The molecule has 0 atom stereocenters. The average molecular weight is 432 g/mol. The number of halogens is 4. The van der Waals surface area contributed by atoms with Gasteiger partial charge in [-0.1, -0.05) is 0 Å². The van der Waals surface area contributed by atoms with Crippen molar-refractivity contribution in [1.29, 1.82) is 0 Å². The summed E-state index contributed by atoms with van der Waals surface area (Å²) < 4.78 is 57.7. The molecule has 1 aliphatic heterocycles. The Morgan fingerprint density at radius 3 is 2.23 bits per heavy atom. The minimum Gasteiger partial charge on any atom is -0.367 e. The van der Waals surface area contributed by atoms with Gasteiger partial charge in [-0.25, -0.2) is 22.2 Å². The second-order valence-electron chi connectivity index (χ2n) is 7.49. The third-order valence-electron chi connectivity index (χ3n) is 5.35. The Bertz CT molecular complexity index is 1150. The molecular formula is C22H20F4N4O. The van der Waals surface area contributed by atoms with E-state index in [1.165, 1.54) is 10.7 Å². The minimum absolute atomic E-state index is 0.0203. The van der Waals surface area contributed by atoms with Crippen LogP contribution in [0.2, 0.25) is 0 Å². The zero-order chi connectivity index (χ0) is 22.3. The molecule has 0 spiro atoms. The van der Waals surface area contributed by atoms with E-state index in [0.717, 1.165) is 37.1 Å². The molecule has 1 saturated heterocycles. The lowest BCUT2D eigenvalue weighted by Crippen LogP contribution is -2.21. The molecule has 1 amide bonds. The number of aryl methyl sites for hydroxylation is 1. The van der Waals surface area contributed by atoms with E-state index < -0.39 is 29.2 Å². The lowest BCUT2D eigenvalue weighted by Gasteiger charge is -2.19. The molecule has 0 saturated carbocycles. The maximum atomic E-state index is 14.6. The Morgan fingerprint density at radius 2 is 1.61 bits per heavy atom. The van der Waals surface area contributed by atoms with E-state index >= 15 is 0 Å². The molecule has 4 rings (SSSR count). The SMILES string of the molecule is Cc1nn(-c2ccc(F)cc2F)c(C)c1C(=O)Nc1cc(F)c(N2CCCC2)c(F)c1. The zero-order valence-corrected chi connectivity index (χ0v) is 17.0. The molecule has 9 heteroatoms. The molecule has 2 aromatic carbocycles. The summed E-state index contributed by atoms with van der Waals surface area (Å²) in [6.45, 7) is 4.26. The van der Waals surface area contributed by atoms with Crippen LogP contribution >= 0.6 is 0 Å². The number of carbonyl (C=O) groups excluding carboxylic acids is 1. The maximum Gasteiger partial charge on any atom is 0.259 e. The van der Waals surface area contributed by atoms with Crippen LogP contribution < -0.4 is 10.2 Å². The maximum absolute atomic E-state index is 14.6. The fourth-order valence-corrected chi connectivity index (χ4v) is 3.93. The van der Waals surface area contributed by atoms with Crippen molar-refractivity contribution in [2.45, 2.75) is 26.7 Å². The molecule has 0 unspecified atom stereocenters. The van der Waals surface area contributed by atoms with Crippen molar-refractivity contribution < 1.29 is 22.4 Å². The molecular weight excluding hydrogens is 412 g/mol. The van der Waals surface area contributed by atoms with Gasteiger partial charge in [0.05, 0.1) is 17.0 Å². The van der Waals surface area contributed by atoms with Crippen molar-refractivity contribution in [1.82, 2.24) is 9.78 Å². The molecule has 0 bridgehead atoms. The third-order valence-corrected chi connectivity index (χ3v) is 5.35. The van der Waals surface area contributed by atoms with Gasteiger partial charge in [0.15, 0.2) is 17.5 Å². The number of aromatic nitrogens is 2. The first-order valence-electron chi connectivity index (χ1n) is 9.83. The molecule has 1 aromatic heterocycles. The van der Waals surface area contributed by atoms with Gasteiger partial charge in [-0.15, -0.1) is 0 Å². The van der Waals surface area contributed by atoms with Crippen LogP contribution in [0.15, 0.2) is 30.3 Å². The average Bonchev–Trinajstić information content (AvgIpc) is 3.29. The fourth-order valence-electron chi connectivity index (χ4n) is 3.93. The van der Waals surface area contributed by atoms with Gasteiger partial charge < -0.3 is 10.2 Å². The molecule has 5 nitrogen and oxygen atoms in total. The number of anilines is 2. The monoisotopic (exact) mass is 432 g/mol. The van der Waals surface area contributed by atoms with Crippen molar-refractivity contribution >= 4 is 17.3 Å². The quantitative estimate of drug-likeness (QED) is 0.597. The summed E-state index contributed by atoms with van der Waals surface area (Å²) in [4.78, 5) is 14.5. The molecule has 31 heavy (non-hydrogen) atoms. The van der Waals surface area contributed by atoms with Gasteiger partial charge in [-0.2, -0.15) is 5.10 Å². The van der Waals surface area contributed by atoms with E-state index in [-0.39, 0.29) is 28.3 Å². The number of nitrogens with zero attached hydrogens (tertiary/aromatic N) is 3. The number of carbonyl (C=O) groups is 1. The first kappa shape index (κ1) is 20.9. The second-order valence-corrected chi connectivity index (χ2v) is 7.49. The normalized spacial score (nSPS) is 13.7. The fraction of sp³-hybridized carbons (Fsp3) is 0.273. The van der Waals surface area contributed by atoms with Crippen molar-refractivity contribution in [2.24, 2.45) is 0 Å². The number of amides is 1. The van der Waals surface area contributed by atoms with E-state index in [9.17, 15) is 22.4 Å². The van der Waals surface area contributed by atoms with Crippen LogP contribution in [0.25, 0.3) is 5.69 Å². The Morgan fingerprint density at radius 1 is 0.968 bits per heavy atom. The summed E-state index contributed by atoms with van der Waals surface area (Å²) in [6.07, 6.45) is 1.74. The molecule has 0 aliphatic carbocycles. The summed E-state index contributed by atoms with van der Waals surface area (Å²) in [6, 6.07) is 5.17. The van der Waals surface area contributed by atoms with Gasteiger partial charge in [0, 0.05) is 24.8 Å². The highest BCUT2D eigenvalue weighted by Crippen LogP contribution is 2.30. The molecule has 3 aromatic rings. The van der Waals surface area contributed by atoms with Crippen LogP contribution in [0.1, 0.15) is 34.6 Å². The Labute approximate surface area is 176 Å². The molecule has 0 radical (unpaired) electrons. The highest BCUT2D eigenvalue weighted by Gasteiger charge is 2.24. The molecule has 1 fully saturated rings. The van der Waals surface area contributed by atoms with Crippen LogP contribution in [0.5, 0.6) is 0 Å². The van der Waals surface area contributed by atoms with Crippen molar-refractivity contribution in [3.8, 4) is 5.69 Å². The number of rotatable bonds is 4. The first-order chi connectivity index (χ1) is 14.8. The topological polar surface area (TPSA) is 50.2 Å². The lowest BCUT2D eigenvalue weighted by atomic mass is 10.1. The van der Waals surface area contributed by atoms with Gasteiger partial charge in [-0.05, 0) is 51.0 Å². The zero-order valence-electron chi connectivity index (χ0n) is 17.0. The molecule has 162 valence electrons. The Kier molecular flexibility index (Phi) is 5.43. The van der Waals surface area contributed by atoms with Crippen LogP contribution in [0.4, 0.5) is 28.9 Å². The van der Waals surface area contributed by atoms with Crippen molar-refractivity contribution in [3.63, 3.8) is 0 Å². The van der Waals surface area contributed by atoms with Crippen molar-refractivity contribution in [2.75, 3.05) is 23.3 Å². The lowest BCUT2D eigenvalue weighted by molar-refractivity contribution is 0.102. The van der Waals surface area contributed by atoms with Gasteiger partial charge >= 0.3 is 0 Å². The molecule has 2 heterocycles. The summed E-state index contributed by atoms with van der Waals surface area (Å²) in [5, 5.41) is 6.66. The predicted octanol–water partition coefficient (Wildman–Crippen LogP) is 4.90. The number of hydrogen-bond donors (Lipinski definition) is 1. The number of nitrogens with one attached hydrogen (secondary N) is 1. The highest BCUT2D eigenvalue weighted by molar-refractivity contribution is 6.06. The number of benzene rings is 2. The summed E-state index contributed by atoms with van der Waals surface area (Å²) in [5.74, 6) is -3.72. The van der Waals surface area contributed by atoms with E-state index in [1.54, 1.807) is 18.7 Å². The highest BCUT2D eigenvalue weighted by atomic mass is 19.1. The van der Waals surface area contributed by atoms with Gasteiger partial charge in [0.1, 0.15) is 17.2 Å². The second kappa shape index (κ2) is 8.05. The summed E-state index contributed by atoms with van der Waals surface area (Å²) >= 11 is 0. The van der Waals surface area contributed by atoms with E-state index in [4.69, 9.17) is 0 Å². The van der Waals surface area contributed by atoms with Crippen LogP contribution in [-0.2, 0) is 0 Å². The first-order valence-corrected chi connectivity index (χ1v) is 9.83. The predicted molar refractivity (Wildman–Crippen MR) is 109 cm³/mol. The van der Waals surface area contributed by atoms with Crippen molar-refractivity contribution in [3.05, 3.63) is 70.6 Å². The molecule has 1 aliphatic rings.